The average molecular weight is 466 g/mol. The molecule has 0 bridgehead atoms. The van der Waals surface area contributed by atoms with Crippen LogP contribution in [-0.4, -0.2) is 51.0 Å². The quantitative estimate of drug-likeness (QED) is 0.594. The molecule has 7 heteroatoms. The highest BCUT2D eigenvalue weighted by Crippen LogP contribution is 2.42. The van der Waals surface area contributed by atoms with E-state index in [0.29, 0.717) is 25.4 Å². The fourth-order valence-corrected chi connectivity index (χ4v) is 4.46. The van der Waals surface area contributed by atoms with E-state index in [2.05, 4.69) is 17.5 Å². The first-order valence-electron chi connectivity index (χ1n) is 12.2. The number of rotatable bonds is 7. The van der Waals surface area contributed by atoms with E-state index < -0.39 is 0 Å². The SMILES string of the molecule is COCCNC1=C(c2ccc3c(c2)N(C(=O)OC(C)C)C[C@H](C)N3C(=O)C2CC2)C=CC=CC1. The number of allylic oxidation sites excluding steroid dienone is 5. The number of carbonyl (C=O) groups excluding carboxylic acids is 2. The molecule has 1 aromatic rings. The number of ether oxygens (including phenoxy) is 2. The molecular weight excluding hydrogens is 430 g/mol. The van der Waals surface area contributed by atoms with Gasteiger partial charge in [0.15, 0.2) is 0 Å². The summed E-state index contributed by atoms with van der Waals surface area (Å²) in [6, 6.07) is 5.90. The summed E-state index contributed by atoms with van der Waals surface area (Å²) in [5.74, 6) is 0.248. The summed E-state index contributed by atoms with van der Waals surface area (Å²) < 4.78 is 10.8. The van der Waals surface area contributed by atoms with E-state index in [4.69, 9.17) is 9.47 Å². The number of nitrogens with one attached hydrogen (secondary N) is 1. The fraction of sp³-hybridized carbons (Fsp3) is 0.481. The number of benzene rings is 1. The van der Waals surface area contributed by atoms with Crippen molar-refractivity contribution < 1.29 is 19.1 Å². The molecule has 1 aliphatic heterocycles. The van der Waals surface area contributed by atoms with Crippen LogP contribution in [0.1, 0.15) is 45.6 Å². The zero-order chi connectivity index (χ0) is 24.2. The Morgan fingerprint density at radius 2 is 1.97 bits per heavy atom. The zero-order valence-corrected chi connectivity index (χ0v) is 20.5. The number of amides is 2. The predicted octanol–water partition coefficient (Wildman–Crippen LogP) is 4.65. The van der Waals surface area contributed by atoms with Gasteiger partial charge in [-0.2, -0.15) is 0 Å². The minimum atomic E-state index is -0.385. The normalized spacial score (nSPS) is 19.9. The van der Waals surface area contributed by atoms with Gasteiger partial charge in [-0.3, -0.25) is 9.69 Å². The first-order chi connectivity index (χ1) is 16.4. The van der Waals surface area contributed by atoms with Gasteiger partial charge in [-0.25, -0.2) is 4.79 Å². The van der Waals surface area contributed by atoms with Crippen LogP contribution in [0, 0.1) is 5.92 Å². The molecule has 0 saturated heterocycles. The molecule has 0 radical (unpaired) electrons. The molecule has 0 spiro atoms. The van der Waals surface area contributed by atoms with Crippen LogP contribution in [0.15, 0.2) is 48.2 Å². The van der Waals surface area contributed by atoms with Gasteiger partial charge in [0.25, 0.3) is 0 Å². The Balaban J connectivity index is 1.77. The van der Waals surface area contributed by atoms with Crippen molar-refractivity contribution in [3.63, 3.8) is 0 Å². The number of methoxy groups -OCH3 is 1. The van der Waals surface area contributed by atoms with Crippen LogP contribution in [0.3, 0.4) is 0 Å². The van der Waals surface area contributed by atoms with Crippen LogP contribution in [0.2, 0.25) is 0 Å². The van der Waals surface area contributed by atoms with E-state index in [1.807, 2.05) is 56.0 Å². The molecule has 0 unspecified atom stereocenters. The van der Waals surface area contributed by atoms with Crippen molar-refractivity contribution in [2.45, 2.75) is 52.2 Å². The second-order valence-electron chi connectivity index (χ2n) is 9.38. The van der Waals surface area contributed by atoms with Crippen LogP contribution in [0.4, 0.5) is 16.2 Å². The molecule has 0 aromatic heterocycles. The number of hydrogen-bond donors (Lipinski definition) is 1. The minimum absolute atomic E-state index is 0.0966. The number of nitrogens with zero attached hydrogens (tertiary/aromatic N) is 2. The molecule has 1 fully saturated rings. The van der Waals surface area contributed by atoms with E-state index in [0.717, 1.165) is 41.8 Å². The van der Waals surface area contributed by atoms with Crippen LogP contribution in [-0.2, 0) is 14.3 Å². The number of carbonyl (C=O) groups is 2. The maximum Gasteiger partial charge on any atom is 0.414 e. The number of hydrogen-bond acceptors (Lipinski definition) is 5. The average Bonchev–Trinajstić information content (AvgIpc) is 3.65. The molecule has 1 heterocycles. The summed E-state index contributed by atoms with van der Waals surface area (Å²) in [6.45, 7) is 7.40. The van der Waals surface area contributed by atoms with Crippen LogP contribution in [0.5, 0.6) is 0 Å². The molecule has 2 aliphatic carbocycles. The third kappa shape index (κ3) is 5.20. The highest BCUT2D eigenvalue weighted by Gasteiger charge is 2.41. The Morgan fingerprint density at radius 3 is 2.68 bits per heavy atom. The standard InChI is InChI=1S/C27H35N3O4/c1-18(2)34-27(32)29-17-19(3)30(26(31)20-10-11-20)24-13-12-21(16-25(24)29)22-8-6-5-7-9-23(22)28-14-15-33-4/h5-8,12-13,16,18-20,28H,9-11,14-15,17H2,1-4H3/t19-/m0/s1. The Hall–Kier alpha value is -3.06. The molecule has 1 atom stereocenters. The maximum atomic E-state index is 13.2. The molecule has 2 amide bonds. The number of fused-ring (bicyclic) bond motifs is 1. The van der Waals surface area contributed by atoms with Crippen molar-refractivity contribution >= 4 is 28.9 Å². The van der Waals surface area contributed by atoms with Crippen LogP contribution in [0.25, 0.3) is 5.57 Å². The molecule has 1 aromatic carbocycles. The van der Waals surface area contributed by atoms with Gasteiger partial charge in [-0.15, -0.1) is 0 Å². The highest BCUT2D eigenvalue weighted by atomic mass is 16.6. The summed E-state index contributed by atoms with van der Waals surface area (Å²) in [5.41, 5.74) is 4.61. The van der Waals surface area contributed by atoms with Crippen molar-refractivity contribution in [1.82, 2.24) is 5.32 Å². The van der Waals surface area contributed by atoms with E-state index in [1.165, 1.54) is 0 Å². The molecule has 1 N–H and O–H groups in total. The third-order valence-electron chi connectivity index (χ3n) is 6.25. The molecule has 182 valence electrons. The Bertz CT molecular complexity index is 1020. The van der Waals surface area contributed by atoms with Gasteiger partial charge in [-0.05, 0) is 51.3 Å². The molecule has 34 heavy (non-hydrogen) atoms. The van der Waals surface area contributed by atoms with Crippen LogP contribution < -0.4 is 15.1 Å². The van der Waals surface area contributed by atoms with Gasteiger partial charge in [0.05, 0.1) is 30.1 Å². The molecule has 4 rings (SSSR count). The van der Waals surface area contributed by atoms with Gasteiger partial charge in [-0.1, -0.05) is 30.4 Å². The third-order valence-corrected chi connectivity index (χ3v) is 6.25. The number of anilines is 2. The van der Waals surface area contributed by atoms with Crippen LogP contribution >= 0.6 is 0 Å². The van der Waals surface area contributed by atoms with Gasteiger partial charge in [0.2, 0.25) is 5.91 Å². The Labute approximate surface area is 202 Å². The molecular formula is C27H35N3O4. The summed E-state index contributed by atoms with van der Waals surface area (Å²) in [4.78, 5) is 29.8. The minimum Gasteiger partial charge on any atom is -0.446 e. The van der Waals surface area contributed by atoms with Gasteiger partial charge >= 0.3 is 6.09 Å². The van der Waals surface area contributed by atoms with Gasteiger partial charge < -0.3 is 19.7 Å². The van der Waals surface area contributed by atoms with E-state index in [-0.39, 0.29) is 30.1 Å². The lowest BCUT2D eigenvalue weighted by atomic mass is 9.98. The second kappa shape index (κ2) is 10.5. The lowest BCUT2D eigenvalue weighted by Crippen LogP contribution is -2.52. The first-order valence-corrected chi connectivity index (χ1v) is 12.2. The van der Waals surface area contributed by atoms with Gasteiger partial charge in [0.1, 0.15) is 0 Å². The monoisotopic (exact) mass is 465 g/mol. The van der Waals surface area contributed by atoms with E-state index in [9.17, 15) is 9.59 Å². The molecule has 7 nitrogen and oxygen atoms in total. The summed E-state index contributed by atoms with van der Waals surface area (Å²) in [7, 11) is 1.69. The Morgan fingerprint density at radius 1 is 1.18 bits per heavy atom. The Kier molecular flexibility index (Phi) is 7.41. The predicted molar refractivity (Wildman–Crippen MR) is 135 cm³/mol. The van der Waals surface area contributed by atoms with E-state index >= 15 is 0 Å². The zero-order valence-electron chi connectivity index (χ0n) is 20.5. The topological polar surface area (TPSA) is 71.1 Å². The van der Waals surface area contributed by atoms with Crippen molar-refractivity contribution in [3.8, 4) is 0 Å². The van der Waals surface area contributed by atoms with E-state index in [1.54, 1.807) is 12.0 Å². The highest BCUT2D eigenvalue weighted by molar-refractivity contribution is 6.05. The van der Waals surface area contributed by atoms with Crippen molar-refractivity contribution in [3.05, 3.63) is 53.8 Å². The summed E-state index contributed by atoms with van der Waals surface area (Å²) in [5, 5.41) is 3.49. The smallest absolute Gasteiger partial charge is 0.414 e. The maximum absolute atomic E-state index is 13.2. The van der Waals surface area contributed by atoms with Crippen molar-refractivity contribution in [1.29, 1.82) is 0 Å². The second-order valence-corrected chi connectivity index (χ2v) is 9.38. The lowest BCUT2D eigenvalue weighted by molar-refractivity contribution is -0.120. The first kappa shape index (κ1) is 24.1. The lowest BCUT2D eigenvalue weighted by Gasteiger charge is -2.41. The fourth-order valence-electron chi connectivity index (χ4n) is 4.46. The van der Waals surface area contributed by atoms with Crippen molar-refractivity contribution in [2.75, 3.05) is 36.6 Å². The molecule has 1 saturated carbocycles. The molecule has 3 aliphatic rings. The summed E-state index contributed by atoms with van der Waals surface area (Å²) >= 11 is 0. The van der Waals surface area contributed by atoms with Crippen molar-refractivity contribution in [2.24, 2.45) is 5.92 Å². The van der Waals surface area contributed by atoms with Gasteiger partial charge in [0, 0.05) is 43.8 Å². The summed E-state index contributed by atoms with van der Waals surface area (Å²) in [6.07, 6.45) is 10.3. The largest absolute Gasteiger partial charge is 0.446 e.